The zero-order valence-corrected chi connectivity index (χ0v) is 7.41. The maximum atomic E-state index is 3.80. The first-order valence-corrected chi connectivity index (χ1v) is 3.90. The lowest BCUT2D eigenvalue weighted by Gasteiger charge is -1.95. The van der Waals surface area contributed by atoms with Crippen molar-refractivity contribution < 1.29 is 0 Å². The maximum Gasteiger partial charge on any atom is 0.179 e. The number of halogens is 1. The molecule has 0 amide bonds. The number of tetrazole rings is 1. The van der Waals surface area contributed by atoms with Crippen LogP contribution in [0.5, 0.6) is 0 Å². The first-order valence-electron chi connectivity index (χ1n) is 3.11. The lowest BCUT2D eigenvalue weighted by molar-refractivity contribution is 0.821. The summed E-state index contributed by atoms with van der Waals surface area (Å²) in [5.74, 6) is 0. The Balaban J connectivity index is 2.86. The van der Waals surface area contributed by atoms with E-state index in [0.29, 0.717) is 0 Å². The van der Waals surface area contributed by atoms with E-state index < -0.39 is 0 Å². The van der Waals surface area contributed by atoms with Gasteiger partial charge in [0.2, 0.25) is 0 Å². The minimum absolute atomic E-state index is 0.769. The molecule has 2 rings (SSSR count). The van der Waals surface area contributed by atoms with E-state index in [-0.39, 0.29) is 0 Å². The zero-order valence-electron chi connectivity index (χ0n) is 5.82. The van der Waals surface area contributed by atoms with E-state index in [2.05, 4.69) is 31.5 Å². The summed E-state index contributed by atoms with van der Waals surface area (Å²) >= 11 is 3.38. The molecular weight excluding hydrogens is 208 g/mol. The molecule has 2 heterocycles. The number of hydrogen-bond acceptors (Lipinski definition) is 3. The molecular formula is C6H5BrN4. The van der Waals surface area contributed by atoms with E-state index in [9.17, 15) is 0 Å². The summed E-state index contributed by atoms with van der Waals surface area (Å²) in [7, 11) is 0. The Kier molecular flexibility index (Phi) is 1.38. The quantitative estimate of drug-likeness (QED) is 0.660. The fourth-order valence-corrected chi connectivity index (χ4v) is 1.17. The summed E-state index contributed by atoms with van der Waals surface area (Å²) in [5, 5.41) is 11.1. The maximum absolute atomic E-state index is 3.80. The number of nitrogens with zero attached hydrogens (tertiary/aromatic N) is 4. The van der Waals surface area contributed by atoms with Gasteiger partial charge in [-0.3, -0.25) is 0 Å². The number of aromatic nitrogens is 4. The van der Waals surface area contributed by atoms with Gasteiger partial charge in [0.25, 0.3) is 0 Å². The fraction of sp³-hybridized carbons (Fsp3) is 0.167. The Morgan fingerprint density at radius 3 is 3.18 bits per heavy atom. The molecule has 2 aromatic heterocycles. The third-order valence-corrected chi connectivity index (χ3v) is 2.31. The summed E-state index contributed by atoms with van der Waals surface area (Å²) in [6.45, 7) is 2.00. The first kappa shape index (κ1) is 6.72. The van der Waals surface area contributed by atoms with Crippen LogP contribution >= 0.6 is 15.9 Å². The Morgan fingerprint density at radius 2 is 2.36 bits per heavy atom. The standard InChI is InChI=1S/C6H5BrN4/c1-4-2-6-8-9-10-11(6)3-5(4)7/h2-3H,1H3. The lowest BCUT2D eigenvalue weighted by atomic mass is 10.3. The molecule has 11 heavy (non-hydrogen) atoms. The normalized spacial score (nSPS) is 10.7. The molecule has 0 aromatic carbocycles. The van der Waals surface area contributed by atoms with Crippen molar-refractivity contribution in [3.63, 3.8) is 0 Å². The van der Waals surface area contributed by atoms with Crippen LogP contribution in [0.3, 0.4) is 0 Å². The Morgan fingerprint density at radius 1 is 1.55 bits per heavy atom. The molecule has 0 aliphatic rings. The van der Waals surface area contributed by atoms with Crippen LogP contribution in [0.1, 0.15) is 5.56 Å². The van der Waals surface area contributed by atoms with Crippen molar-refractivity contribution >= 4 is 21.6 Å². The molecule has 5 heteroatoms. The van der Waals surface area contributed by atoms with Gasteiger partial charge >= 0.3 is 0 Å². The van der Waals surface area contributed by atoms with Crippen LogP contribution in [0.15, 0.2) is 16.7 Å². The molecule has 0 fully saturated rings. The van der Waals surface area contributed by atoms with E-state index in [1.54, 1.807) is 4.52 Å². The van der Waals surface area contributed by atoms with Gasteiger partial charge in [-0.05, 0) is 44.9 Å². The van der Waals surface area contributed by atoms with Crippen LogP contribution < -0.4 is 0 Å². The third-order valence-electron chi connectivity index (χ3n) is 1.48. The molecule has 2 aromatic rings. The number of fused-ring (bicyclic) bond motifs is 1. The van der Waals surface area contributed by atoms with Crippen molar-refractivity contribution in [1.82, 2.24) is 20.0 Å². The minimum Gasteiger partial charge on any atom is -0.200 e. The van der Waals surface area contributed by atoms with Crippen LogP contribution in [0.4, 0.5) is 0 Å². The van der Waals surface area contributed by atoms with Gasteiger partial charge in [-0.1, -0.05) is 0 Å². The van der Waals surface area contributed by atoms with Gasteiger partial charge in [-0.25, -0.2) is 0 Å². The molecule has 0 unspecified atom stereocenters. The fourth-order valence-electron chi connectivity index (χ4n) is 0.859. The highest BCUT2D eigenvalue weighted by atomic mass is 79.9. The number of aryl methyl sites for hydroxylation is 1. The van der Waals surface area contributed by atoms with Crippen LogP contribution in [0.2, 0.25) is 0 Å². The molecule has 0 aliphatic carbocycles. The topological polar surface area (TPSA) is 43.1 Å². The van der Waals surface area contributed by atoms with Gasteiger partial charge in [0, 0.05) is 10.7 Å². The smallest absolute Gasteiger partial charge is 0.179 e. The average Bonchev–Trinajstić information content (AvgIpc) is 2.36. The van der Waals surface area contributed by atoms with Crippen molar-refractivity contribution in [3.8, 4) is 0 Å². The van der Waals surface area contributed by atoms with Gasteiger partial charge in [-0.2, -0.15) is 4.52 Å². The van der Waals surface area contributed by atoms with Gasteiger partial charge in [0.15, 0.2) is 5.65 Å². The van der Waals surface area contributed by atoms with Crippen molar-refractivity contribution in [3.05, 3.63) is 22.3 Å². The highest BCUT2D eigenvalue weighted by Gasteiger charge is 1.99. The Hall–Kier alpha value is -0.970. The number of pyridine rings is 1. The number of rotatable bonds is 0. The van der Waals surface area contributed by atoms with E-state index in [1.165, 1.54) is 0 Å². The zero-order chi connectivity index (χ0) is 7.84. The first-order chi connectivity index (χ1) is 5.27. The average molecular weight is 213 g/mol. The van der Waals surface area contributed by atoms with Gasteiger partial charge in [0.1, 0.15) is 0 Å². The Labute approximate surface area is 71.3 Å². The van der Waals surface area contributed by atoms with Crippen molar-refractivity contribution in [2.75, 3.05) is 0 Å². The summed E-state index contributed by atoms with van der Waals surface area (Å²) in [6, 6.07) is 1.92. The second-order valence-corrected chi connectivity index (χ2v) is 3.14. The highest BCUT2D eigenvalue weighted by molar-refractivity contribution is 9.10. The van der Waals surface area contributed by atoms with E-state index in [4.69, 9.17) is 0 Å². The second-order valence-electron chi connectivity index (χ2n) is 2.29. The SMILES string of the molecule is Cc1cc2nnnn2cc1Br. The van der Waals surface area contributed by atoms with Crippen LogP contribution in [-0.4, -0.2) is 20.0 Å². The molecule has 0 radical (unpaired) electrons. The van der Waals surface area contributed by atoms with Crippen molar-refractivity contribution in [1.29, 1.82) is 0 Å². The third kappa shape index (κ3) is 1.01. The largest absolute Gasteiger partial charge is 0.200 e. The van der Waals surface area contributed by atoms with Crippen molar-refractivity contribution in [2.24, 2.45) is 0 Å². The molecule has 0 N–H and O–H groups in total. The predicted molar refractivity (Wildman–Crippen MR) is 43.2 cm³/mol. The minimum atomic E-state index is 0.769. The Bertz CT molecular complexity index is 358. The molecule has 0 spiro atoms. The van der Waals surface area contributed by atoms with Gasteiger partial charge < -0.3 is 0 Å². The molecule has 0 aliphatic heterocycles. The number of hydrogen-bond donors (Lipinski definition) is 0. The van der Waals surface area contributed by atoms with Crippen LogP contribution in [-0.2, 0) is 0 Å². The van der Waals surface area contributed by atoms with E-state index in [0.717, 1.165) is 15.7 Å². The van der Waals surface area contributed by atoms with E-state index in [1.807, 2.05) is 19.2 Å². The molecule has 56 valence electrons. The monoisotopic (exact) mass is 212 g/mol. The molecule has 4 nitrogen and oxygen atoms in total. The molecule has 0 saturated carbocycles. The van der Waals surface area contributed by atoms with E-state index >= 15 is 0 Å². The van der Waals surface area contributed by atoms with Crippen LogP contribution in [0, 0.1) is 6.92 Å². The van der Waals surface area contributed by atoms with Crippen molar-refractivity contribution in [2.45, 2.75) is 6.92 Å². The van der Waals surface area contributed by atoms with Crippen LogP contribution in [0.25, 0.3) is 5.65 Å². The highest BCUT2D eigenvalue weighted by Crippen LogP contribution is 2.15. The molecule has 0 bridgehead atoms. The summed E-state index contributed by atoms with van der Waals surface area (Å²) in [4.78, 5) is 0. The van der Waals surface area contributed by atoms with Gasteiger partial charge in [-0.15, -0.1) is 5.10 Å². The van der Waals surface area contributed by atoms with Gasteiger partial charge in [0.05, 0.1) is 0 Å². The predicted octanol–water partition coefficient (Wildman–Crippen LogP) is 1.20. The summed E-state index contributed by atoms with van der Waals surface area (Å²) < 4.78 is 2.63. The molecule has 0 saturated heterocycles. The molecule has 0 atom stereocenters. The lowest BCUT2D eigenvalue weighted by Crippen LogP contribution is -1.88. The second kappa shape index (κ2) is 2.27. The summed E-state index contributed by atoms with van der Waals surface area (Å²) in [5.41, 5.74) is 1.90. The summed E-state index contributed by atoms with van der Waals surface area (Å²) in [6.07, 6.45) is 1.84.